The number of anilines is 1. The number of ether oxygens (including phenoxy) is 1. The molecular weight excluding hydrogens is 386 g/mol. The van der Waals surface area contributed by atoms with Crippen molar-refractivity contribution in [1.82, 2.24) is 24.4 Å². The van der Waals surface area contributed by atoms with Crippen LogP contribution in [0.2, 0.25) is 0 Å². The number of likely N-dealkylation sites (N-methyl/N-ethyl adjacent to an activating group) is 1. The van der Waals surface area contributed by atoms with E-state index < -0.39 is 36.9 Å². The van der Waals surface area contributed by atoms with Crippen LogP contribution in [0.1, 0.15) is 18.2 Å². The summed E-state index contributed by atoms with van der Waals surface area (Å²) >= 11 is 0. The fourth-order valence-corrected chi connectivity index (χ4v) is 4.34. The van der Waals surface area contributed by atoms with Crippen molar-refractivity contribution in [2.75, 3.05) is 39.5 Å². The molecule has 29 heavy (non-hydrogen) atoms. The molecule has 0 saturated carbocycles. The number of nitrogens with zero attached hydrogens (tertiary/aromatic N) is 5. The molecule has 2 aliphatic rings. The summed E-state index contributed by atoms with van der Waals surface area (Å²) in [5.41, 5.74) is 6.91. The van der Waals surface area contributed by atoms with Gasteiger partial charge in [-0.25, -0.2) is 18.3 Å². The molecule has 0 radical (unpaired) electrons. The van der Waals surface area contributed by atoms with Gasteiger partial charge in [0, 0.05) is 25.6 Å². The van der Waals surface area contributed by atoms with Gasteiger partial charge >= 0.3 is 0 Å². The Balaban J connectivity index is 1.53. The Hall–Kier alpha value is -1.92. The van der Waals surface area contributed by atoms with Crippen molar-refractivity contribution in [1.29, 1.82) is 0 Å². The number of fused-ring (bicyclic) bond motifs is 1. The standard InChI is InChI=1S/C18H26F2N6O3/c1-24(2)6-10-5-18(19,20)8-25(10)7-13-14(27)15(28)16(29-13)11-3-4-12-17(21)22-9-23-26(11)12/h3-4,9-10,13-16,27-28H,5-8H2,1-2H3,(H2,21,22,23)/t10-,13+,14+,15+,16-/m0/s1. The summed E-state index contributed by atoms with van der Waals surface area (Å²) in [7, 11) is 3.67. The van der Waals surface area contributed by atoms with E-state index in [4.69, 9.17) is 10.5 Å². The van der Waals surface area contributed by atoms with Crippen LogP contribution >= 0.6 is 0 Å². The van der Waals surface area contributed by atoms with Gasteiger partial charge in [0.15, 0.2) is 5.82 Å². The Kier molecular flexibility index (Phi) is 5.20. The Morgan fingerprint density at radius 1 is 1.31 bits per heavy atom. The summed E-state index contributed by atoms with van der Waals surface area (Å²) in [6.07, 6.45) is -3.04. The maximum absolute atomic E-state index is 14.0. The summed E-state index contributed by atoms with van der Waals surface area (Å²) in [6, 6.07) is 3.05. The first-order chi connectivity index (χ1) is 13.7. The van der Waals surface area contributed by atoms with Crippen LogP contribution < -0.4 is 5.73 Å². The highest BCUT2D eigenvalue weighted by Gasteiger charge is 2.50. The smallest absolute Gasteiger partial charge is 0.262 e. The molecule has 4 N–H and O–H groups in total. The highest BCUT2D eigenvalue weighted by molar-refractivity contribution is 5.65. The summed E-state index contributed by atoms with van der Waals surface area (Å²) in [5, 5.41) is 25.3. The third-order valence-corrected chi connectivity index (χ3v) is 5.64. The van der Waals surface area contributed by atoms with Crippen molar-refractivity contribution in [2.45, 2.75) is 42.8 Å². The first kappa shape index (κ1) is 20.4. The van der Waals surface area contributed by atoms with E-state index in [2.05, 4.69) is 10.1 Å². The van der Waals surface area contributed by atoms with E-state index in [1.165, 1.54) is 10.8 Å². The van der Waals surface area contributed by atoms with Crippen LogP contribution in [-0.4, -0.2) is 98.6 Å². The molecule has 0 spiro atoms. The molecule has 0 unspecified atom stereocenters. The van der Waals surface area contributed by atoms with Gasteiger partial charge in [-0.1, -0.05) is 0 Å². The van der Waals surface area contributed by atoms with Crippen molar-refractivity contribution in [3.63, 3.8) is 0 Å². The Morgan fingerprint density at radius 3 is 2.79 bits per heavy atom. The monoisotopic (exact) mass is 412 g/mol. The van der Waals surface area contributed by atoms with Crippen LogP contribution in [0.15, 0.2) is 18.5 Å². The molecular formula is C18H26F2N6O3. The number of rotatable bonds is 5. The number of aliphatic hydroxyl groups excluding tert-OH is 2. The number of nitrogen functional groups attached to an aromatic ring is 1. The van der Waals surface area contributed by atoms with Crippen LogP contribution in [-0.2, 0) is 4.74 Å². The third kappa shape index (κ3) is 3.80. The number of aliphatic hydroxyl groups is 2. The van der Waals surface area contributed by atoms with E-state index in [9.17, 15) is 19.0 Å². The number of likely N-dealkylation sites (tertiary alicyclic amines) is 1. The predicted octanol–water partition coefficient (Wildman–Crippen LogP) is -0.256. The highest BCUT2D eigenvalue weighted by Crippen LogP contribution is 2.37. The summed E-state index contributed by atoms with van der Waals surface area (Å²) in [4.78, 5) is 7.42. The van der Waals surface area contributed by atoms with Crippen molar-refractivity contribution < 1.29 is 23.7 Å². The number of alkyl halides is 2. The van der Waals surface area contributed by atoms with Crippen LogP contribution in [0.4, 0.5) is 14.6 Å². The first-order valence-electron chi connectivity index (χ1n) is 9.52. The number of hydrogen-bond acceptors (Lipinski definition) is 8. The molecule has 4 rings (SSSR count). The second-order valence-electron chi connectivity index (χ2n) is 8.18. The van der Waals surface area contributed by atoms with Gasteiger partial charge in [-0.15, -0.1) is 0 Å². The van der Waals surface area contributed by atoms with Gasteiger partial charge in [-0.05, 0) is 26.2 Å². The molecule has 5 atom stereocenters. The van der Waals surface area contributed by atoms with E-state index in [0.29, 0.717) is 17.8 Å². The second-order valence-corrected chi connectivity index (χ2v) is 8.18. The molecule has 4 heterocycles. The third-order valence-electron chi connectivity index (χ3n) is 5.64. The molecule has 0 aromatic carbocycles. The zero-order valence-electron chi connectivity index (χ0n) is 16.3. The van der Waals surface area contributed by atoms with Gasteiger partial charge in [-0.3, -0.25) is 4.90 Å². The average Bonchev–Trinajstić information content (AvgIpc) is 3.25. The second kappa shape index (κ2) is 7.40. The molecule has 2 saturated heterocycles. The largest absolute Gasteiger partial charge is 0.388 e. The van der Waals surface area contributed by atoms with Crippen LogP contribution in [0.25, 0.3) is 5.52 Å². The number of aromatic nitrogens is 3. The SMILES string of the molecule is CN(C)C[C@@H]1CC(F)(F)CN1C[C@H]1O[C@@H](c2ccc3c(N)ncnn23)[C@H](O)[C@@H]1O. The fraction of sp³-hybridized carbons (Fsp3) is 0.667. The maximum atomic E-state index is 14.0. The van der Waals surface area contributed by atoms with Crippen LogP contribution in [0.3, 0.4) is 0 Å². The van der Waals surface area contributed by atoms with Gasteiger partial charge < -0.3 is 25.6 Å². The molecule has 0 amide bonds. The quantitative estimate of drug-likeness (QED) is 0.616. The minimum atomic E-state index is -2.78. The molecule has 2 fully saturated rings. The van der Waals surface area contributed by atoms with Gasteiger partial charge in [0.05, 0.1) is 18.3 Å². The lowest BCUT2D eigenvalue weighted by Gasteiger charge is -2.29. The maximum Gasteiger partial charge on any atom is 0.262 e. The fourth-order valence-electron chi connectivity index (χ4n) is 4.34. The number of halogens is 2. The van der Waals surface area contributed by atoms with Gasteiger partial charge in [0.1, 0.15) is 30.2 Å². The summed E-state index contributed by atoms with van der Waals surface area (Å²) in [5.74, 6) is -2.50. The molecule has 11 heteroatoms. The molecule has 0 aliphatic carbocycles. The van der Waals surface area contributed by atoms with Gasteiger partial charge in [0.25, 0.3) is 5.92 Å². The zero-order chi connectivity index (χ0) is 20.9. The van der Waals surface area contributed by atoms with E-state index in [-0.39, 0.29) is 24.8 Å². The molecule has 2 aliphatic heterocycles. The van der Waals surface area contributed by atoms with Crippen molar-refractivity contribution >= 4 is 11.3 Å². The lowest BCUT2D eigenvalue weighted by atomic mass is 10.1. The Morgan fingerprint density at radius 2 is 2.07 bits per heavy atom. The van der Waals surface area contributed by atoms with Crippen molar-refractivity contribution in [2.24, 2.45) is 0 Å². The van der Waals surface area contributed by atoms with Gasteiger partial charge in [0.2, 0.25) is 0 Å². The van der Waals surface area contributed by atoms with E-state index >= 15 is 0 Å². The molecule has 9 nitrogen and oxygen atoms in total. The van der Waals surface area contributed by atoms with E-state index in [1.807, 2.05) is 19.0 Å². The first-order valence-corrected chi connectivity index (χ1v) is 9.52. The Bertz CT molecular complexity index is 878. The number of nitrogens with two attached hydrogens (primary N) is 1. The minimum absolute atomic E-state index is 0.100. The lowest BCUT2D eigenvalue weighted by molar-refractivity contribution is -0.0262. The van der Waals surface area contributed by atoms with E-state index in [1.54, 1.807) is 17.0 Å². The van der Waals surface area contributed by atoms with Gasteiger partial charge in [-0.2, -0.15) is 5.10 Å². The molecule has 160 valence electrons. The number of hydrogen-bond donors (Lipinski definition) is 3. The summed E-state index contributed by atoms with van der Waals surface area (Å²) < 4.78 is 35.5. The lowest BCUT2D eigenvalue weighted by Crippen LogP contribution is -2.45. The molecule has 2 aromatic rings. The average molecular weight is 412 g/mol. The summed E-state index contributed by atoms with van der Waals surface area (Å²) in [6.45, 7) is 0.184. The van der Waals surface area contributed by atoms with Crippen molar-refractivity contribution in [3.8, 4) is 0 Å². The topological polar surface area (TPSA) is 112 Å². The van der Waals surface area contributed by atoms with Crippen molar-refractivity contribution in [3.05, 3.63) is 24.2 Å². The van der Waals surface area contributed by atoms with Crippen LogP contribution in [0, 0.1) is 0 Å². The predicted molar refractivity (Wildman–Crippen MR) is 101 cm³/mol. The van der Waals surface area contributed by atoms with Crippen LogP contribution in [0.5, 0.6) is 0 Å². The molecule has 2 aromatic heterocycles. The highest BCUT2D eigenvalue weighted by atomic mass is 19.3. The minimum Gasteiger partial charge on any atom is -0.388 e. The van der Waals surface area contributed by atoms with E-state index in [0.717, 1.165) is 0 Å². The normalized spacial score (nSPS) is 32.6. The zero-order valence-corrected chi connectivity index (χ0v) is 16.3. The Labute approximate surface area is 166 Å². The molecule has 0 bridgehead atoms.